The molecule has 2 heterocycles. The van der Waals surface area contributed by atoms with E-state index < -0.39 is 37.1 Å². The first-order valence-corrected chi connectivity index (χ1v) is 10.3. The van der Waals surface area contributed by atoms with E-state index in [9.17, 15) is 19.3 Å². The maximum absolute atomic E-state index is 12.3. The number of nitrogens with zero attached hydrogens (tertiary/aromatic N) is 1. The standard InChI is InChI=1S/C15H25N2O6P/c1-5-22-24(4,21)8-10(3)13-11(18)6-12(23-13)17-7-9(2)14(19)16-15(17)20/h7,10-13,18H,5-6,8H2,1-4H3,(H,16,19,20)/t10-,11?,12-,13-,24?/m1/s1. The quantitative estimate of drug-likeness (QED) is 0.735. The first-order chi connectivity index (χ1) is 11.1. The minimum atomic E-state index is -2.75. The maximum atomic E-state index is 12.3. The molecule has 8 nitrogen and oxygen atoms in total. The van der Waals surface area contributed by atoms with Crippen molar-refractivity contribution < 1.29 is 18.9 Å². The zero-order valence-corrected chi connectivity index (χ0v) is 15.3. The van der Waals surface area contributed by atoms with Gasteiger partial charge in [0, 0.05) is 31.0 Å². The number of aromatic nitrogens is 2. The van der Waals surface area contributed by atoms with Crippen LogP contribution in [-0.2, 0) is 13.8 Å². The number of aromatic amines is 1. The van der Waals surface area contributed by atoms with E-state index in [1.54, 1.807) is 20.5 Å². The Morgan fingerprint density at radius 1 is 1.54 bits per heavy atom. The van der Waals surface area contributed by atoms with Crippen molar-refractivity contribution >= 4 is 7.37 Å². The van der Waals surface area contributed by atoms with E-state index in [2.05, 4.69) is 4.98 Å². The summed E-state index contributed by atoms with van der Waals surface area (Å²) in [6.07, 6.45) is -0.0681. The lowest BCUT2D eigenvalue weighted by Gasteiger charge is -2.25. The third kappa shape index (κ3) is 4.25. The molecule has 0 radical (unpaired) electrons. The molecule has 2 unspecified atom stereocenters. The fourth-order valence-corrected chi connectivity index (χ4v) is 5.02. The molecule has 0 aliphatic carbocycles. The van der Waals surface area contributed by atoms with Crippen molar-refractivity contribution in [3.63, 3.8) is 0 Å². The van der Waals surface area contributed by atoms with Crippen LogP contribution in [0.15, 0.2) is 15.8 Å². The number of H-pyrrole nitrogens is 1. The number of rotatable bonds is 6. The smallest absolute Gasteiger partial charge is 0.330 e. The molecular weight excluding hydrogens is 335 g/mol. The molecule has 9 heteroatoms. The Hall–Kier alpha value is -1.21. The van der Waals surface area contributed by atoms with Crippen molar-refractivity contribution in [3.8, 4) is 0 Å². The van der Waals surface area contributed by atoms with Crippen molar-refractivity contribution in [3.05, 3.63) is 32.6 Å². The fraction of sp³-hybridized carbons (Fsp3) is 0.733. The molecule has 136 valence electrons. The Kier molecular flexibility index (Phi) is 5.86. The highest BCUT2D eigenvalue weighted by molar-refractivity contribution is 7.58. The minimum absolute atomic E-state index is 0.202. The summed E-state index contributed by atoms with van der Waals surface area (Å²) in [5, 5.41) is 10.3. The van der Waals surface area contributed by atoms with Gasteiger partial charge in [0.2, 0.25) is 7.37 Å². The van der Waals surface area contributed by atoms with Gasteiger partial charge in [-0.2, -0.15) is 0 Å². The van der Waals surface area contributed by atoms with E-state index in [0.29, 0.717) is 12.2 Å². The molecule has 0 aromatic carbocycles. The Labute approximate surface area is 140 Å². The van der Waals surface area contributed by atoms with Crippen molar-refractivity contribution in [2.75, 3.05) is 19.4 Å². The van der Waals surface area contributed by atoms with Crippen LogP contribution in [0.4, 0.5) is 0 Å². The Morgan fingerprint density at radius 2 is 2.21 bits per heavy atom. The summed E-state index contributed by atoms with van der Waals surface area (Å²) in [5.41, 5.74) is -0.631. The first kappa shape index (κ1) is 19.1. The van der Waals surface area contributed by atoms with Crippen molar-refractivity contribution in [1.82, 2.24) is 9.55 Å². The molecule has 0 spiro atoms. The average molecular weight is 360 g/mol. The SMILES string of the molecule is CCOP(C)(=O)C[C@@H](C)[C@H]1O[C@@H](n2cc(C)c(=O)[nH]c2=O)CC1O. The molecule has 1 aliphatic rings. The maximum Gasteiger partial charge on any atom is 0.330 e. The van der Waals surface area contributed by atoms with Crippen LogP contribution in [0, 0.1) is 12.8 Å². The van der Waals surface area contributed by atoms with Gasteiger partial charge in [-0.15, -0.1) is 0 Å². The van der Waals surface area contributed by atoms with E-state index >= 15 is 0 Å². The summed E-state index contributed by atoms with van der Waals surface area (Å²) < 4.78 is 24.7. The molecular formula is C15H25N2O6P. The summed E-state index contributed by atoms with van der Waals surface area (Å²) >= 11 is 0. The number of nitrogens with one attached hydrogen (secondary N) is 1. The van der Waals surface area contributed by atoms with Crippen LogP contribution < -0.4 is 11.2 Å². The number of aliphatic hydroxyl groups excluding tert-OH is 1. The largest absolute Gasteiger partial charge is 0.390 e. The fourth-order valence-electron chi connectivity index (χ4n) is 3.11. The number of aryl methyl sites for hydroxylation is 1. The van der Waals surface area contributed by atoms with Gasteiger partial charge in [-0.05, 0) is 19.8 Å². The molecule has 1 aromatic heterocycles. The van der Waals surface area contributed by atoms with Gasteiger partial charge >= 0.3 is 5.69 Å². The van der Waals surface area contributed by atoms with Gasteiger partial charge < -0.3 is 14.4 Å². The molecule has 1 fully saturated rings. The van der Waals surface area contributed by atoms with E-state index in [0.717, 1.165) is 0 Å². The van der Waals surface area contributed by atoms with Crippen LogP contribution in [0.2, 0.25) is 0 Å². The summed E-state index contributed by atoms with van der Waals surface area (Å²) in [6.45, 7) is 7.15. The van der Waals surface area contributed by atoms with Gasteiger partial charge in [-0.1, -0.05) is 6.92 Å². The van der Waals surface area contributed by atoms with E-state index in [1.807, 2.05) is 6.92 Å². The van der Waals surface area contributed by atoms with Gasteiger partial charge in [0.05, 0.1) is 18.8 Å². The van der Waals surface area contributed by atoms with Gasteiger partial charge in [0.1, 0.15) is 6.23 Å². The number of aliphatic hydroxyl groups is 1. The lowest BCUT2D eigenvalue weighted by molar-refractivity contribution is -0.0429. The molecule has 0 amide bonds. The van der Waals surface area contributed by atoms with E-state index in [-0.39, 0.29) is 18.5 Å². The van der Waals surface area contributed by atoms with Crippen LogP contribution in [0.3, 0.4) is 0 Å². The summed E-state index contributed by atoms with van der Waals surface area (Å²) in [4.78, 5) is 25.6. The second-order valence-corrected chi connectivity index (χ2v) is 9.08. The first-order valence-electron chi connectivity index (χ1n) is 8.01. The monoisotopic (exact) mass is 360 g/mol. The lowest BCUT2D eigenvalue weighted by Crippen LogP contribution is -2.34. The zero-order valence-electron chi connectivity index (χ0n) is 14.4. The van der Waals surface area contributed by atoms with Gasteiger partial charge in [0.15, 0.2) is 0 Å². The summed E-state index contributed by atoms with van der Waals surface area (Å²) in [6, 6.07) is 0. The predicted molar refractivity (Wildman–Crippen MR) is 89.8 cm³/mol. The normalized spacial score (nSPS) is 27.8. The van der Waals surface area contributed by atoms with Gasteiger partial charge in [-0.25, -0.2) is 4.79 Å². The van der Waals surface area contributed by atoms with Crippen molar-refractivity contribution in [1.29, 1.82) is 0 Å². The molecule has 2 rings (SSSR count). The zero-order chi connectivity index (χ0) is 18.1. The molecule has 1 aliphatic heterocycles. The molecule has 2 N–H and O–H groups in total. The molecule has 1 saturated heterocycles. The number of hydrogen-bond donors (Lipinski definition) is 2. The summed E-state index contributed by atoms with van der Waals surface area (Å²) in [7, 11) is -2.75. The molecule has 24 heavy (non-hydrogen) atoms. The highest BCUT2D eigenvalue weighted by atomic mass is 31.2. The predicted octanol–water partition coefficient (Wildman–Crippen LogP) is 1.07. The lowest BCUT2D eigenvalue weighted by atomic mass is 10.0. The Bertz CT molecular complexity index is 742. The van der Waals surface area contributed by atoms with Crippen LogP contribution in [-0.4, -0.2) is 46.3 Å². The molecule has 1 aromatic rings. The second kappa shape index (κ2) is 7.35. The summed E-state index contributed by atoms with van der Waals surface area (Å²) in [5.74, 6) is -0.202. The minimum Gasteiger partial charge on any atom is -0.390 e. The molecule has 0 bridgehead atoms. The van der Waals surface area contributed by atoms with Gasteiger partial charge in [0.25, 0.3) is 5.56 Å². The molecule has 0 saturated carbocycles. The number of ether oxygens (including phenoxy) is 1. The third-order valence-corrected chi connectivity index (χ3v) is 6.22. The number of hydrogen-bond acceptors (Lipinski definition) is 6. The Balaban J connectivity index is 2.15. The van der Waals surface area contributed by atoms with Crippen LogP contribution in [0.5, 0.6) is 0 Å². The van der Waals surface area contributed by atoms with Crippen LogP contribution >= 0.6 is 7.37 Å². The van der Waals surface area contributed by atoms with E-state index in [1.165, 1.54) is 10.8 Å². The van der Waals surface area contributed by atoms with Gasteiger partial charge in [-0.3, -0.25) is 18.9 Å². The highest BCUT2D eigenvalue weighted by Gasteiger charge is 2.40. The van der Waals surface area contributed by atoms with E-state index in [4.69, 9.17) is 9.26 Å². The third-order valence-electron chi connectivity index (χ3n) is 4.18. The second-order valence-electron chi connectivity index (χ2n) is 6.43. The highest BCUT2D eigenvalue weighted by Crippen LogP contribution is 2.46. The topological polar surface area (TPSA) is 111 Å². The Morgan fingerprint density at radius 3 is 2.83 bits per heavy atom. The van der Waals surface area contributed by atoms with Crippen molar-refractivity contribution in [2.45, 2.75) is 45.6 Å². The molecule has 5 atom stereocenters. The average Bonchev–Trinajstić information content (AvgIpc) is 2.84. The van der Waals surface area contributed by atoms with Crippen molar-refractivity contribution in [2.24, 2.45) is 5.92 Å². The van der Waals surface area contributed by atoms with Crippen LogP contribution in [0.1, 0.15) is 32.1 Å². The van der Waals surface area contributed by atoms with Crippen LogP contribution in [0.25, 0.3) is 0 Å².